The van der Waals surface area contributed by atoms with Crippen LogP contribution >= 0.6 is 0 Å². The van der Waals surface area contributed by atoms with Crippen LogP contribution in [-0.2, 0) is 0 Å². The minimum absolute atomic E-state index is 0.682. The molecule has 24 heavy (non-hydrogen) atoms. The lowest BCUT2D eigenvalue weighted by molar-refractivity contribution is 0.417. The van der Waals surface area contributed by atoms with Crippen molar-refractivity contribution in [1.29, 1.82) is 0 Å². The maximum absolute atomic E-state index is 5.77. The Balaban J connectivity index is 0.000000143. The van der Waals surface area contributed by atoms with Gasteiger partial charge in [-0.05, 0) is 34.4 Å². The summed E-state index contributed by atoms with van der Waals surface area (Å²) in [6.07, 6.45) is 0. The summed E-state index contributed by atoms with van der Waals surface area (Å²) in [7, 11) is 1.63. The SMILES string of the molecule is COc1cc2ccccc2cc1N.Nc1cccc2ccccc12. The van der Waals surface area contributed by atoms with Crippen molar-refractivity contribution in [2.45, 2.75) is 0 Å². The van der Waals surface area contributed by atoms with Crippen molar-refractivity contribution in [3.63, 3.8) is 0 Å². The van der Waals surface area contributed by atoms with Crippen molar-refractivity contribution >= 4 is 32.9 Å². The molecule has 0 saturated carbocycles. The maximum Gasteiger partial charge on any atom is 0.142 e. The van der Waals surface area contributed by atoms with Crippen LogP contribution in [0.1, 0.15) is 0 Å². The monoisotopic (exact) mass is 316 g/mol. The number of methoxy groups -OCH3 is 1. The summed E-state index contributed by atoms with van der Waals surface area (Å²) in [6, 6.07) is 26.0. The van der Waals surface area contributed by atoms with E-state index in [9.17, 15) is 0 Å². The third kappa shape index (κ3) is 3.25. The minimum Gasteiger partial charge on any atom is -0.495 e. The first-order valence-corrected chi connectivity index (χ1v) is 7.74. The van der Waals surface area contributed by atoms with Gasteiger partial charge < -0.3 is 16.2 Å². The number of benzene rings is 4. The molecule has 0 saturated heterocycles. The molecule has 4 N–H and O–H groups in total. The lowest BCUT2D eigenvalue weighted by atomic mass is 10.1. The summed E-state index contributed by atoms with van der Waals surface area (Å²) < 4.78 is 5.13. The van der Waals surface area contributed by atoms with Crippen molar-refractivity contribution in [2.75, 3.05) is 18.6 Å². The van der Waals surface area contributed by atoms with Crippen molar-refractivity contribution in [3.05, 3.63) is 78.9 Å². The molecule has 0 spiro atoms. The summed E-state index contributed by atoms with van der Waals surface area (Å²) in [5, 5.41) is 4.62. The molecule has 4 aromatic rings. The zero-order valence-electron chi connectivity index (χ0n) is 13.6. The number of hydrogen-bond acceptors (Lipinski definition) is 3. The van der Waals surface area contributed by atoms with Crippen molar-refractivity contribution < 1.29 is 4.74 Å². The number of hydrogen-bond donors (Lipinski definition) is 2. The molecular formula is C21H20N2O. The van der Waals surface area contributed by atoms with E-state index in [-0.39, 0.29) is 0 Å². The molecule has 0 atom stereocenters. The Morgan fingerprint density at radius 2 is 1.21 bits per heavy atom. The van der Waals surface area contributed by atoms with Crippen molar-refractivity contribution in [2.24, 2.45) is 0 Å². The molecule has 0 aromatic heterocycles. The second kappa shape index (κ2) is 6.92. The Morgan fingerprint density at radius 3 is 1.88 bits per heavy atom. The van der Waals surface area contributed by atoms with Gasteiger partial charge >= 0.3 is 0 Å². The van der Waals surface area contributed by atoms with E-state index in [4.69, 9.17) is 16.2 Å². The van der Waals surface area contributed by atoms with E-state index in [1.165, 1.54) is 5.39 Å². The van der Waals surface area contributed by atoms with Crippen LogP contribution in [0.3, 0.4) is 0 Å². The smallest absolute Gasteiger partial charge is 0.142 e. The van der Waals surface area contributed by atoms with Crippen LogP contribution in [0.5, 0.6) is 5.75 Å². The van der Waals surface area contributed by atoms with Crippen LogP contribution in [0.2, 0.25) is 0 Å². The summed E-state index contributed by atoms with van der Waals surface area (Å²) >= 11 is 0. The van der Waals surface area contributed by atoms with Gasteiger partial charge in [-0.1, -0.05) is 60.7 Å². The molecule has 4 aromatic carbocycles. The summed E-state index contributed by atoms with van der Waals surface area (Å²) in [5.41, 5.74) is 13.1. The van der Waals surface area contributed by atoms with Crippen LogP contribution in [0.25, 0.3) is 21.5 Å². The molecule has 0 amide bonds. The number of nitrogens with two attached hydrogens (primary N) is 2. The Labute approximate surface area is 141 Å². The number of rotatable bonds is 1. The number of nitrogen functional groups attached to an aromatic ring is 2. The lowest BCUT2D eigenvalue weighted by Gasteiger charge is -2.05. The first kappa shape index (κ1) is 15.7. The molecule has 0 radical (unpaired) electrons. The average molecular weight is 316 g/mol. The molecule has 0 unspecified atom stereocenters. The standard InChI is InChI=1S/C11H11NO.C10H9N/c1-13-11-7-9-5-3-2-4-8(9)6-10(11)12;11-10-7-3-5-8-4-1-2-6-9(8)10/h2-7H,12H2,1H3;1-7H,11H2. The van der Waals surface area contributed by atoms with E-state index < -0.39 is 0 Å². The molecule has 0 aliphatic rings. The fourth-order valence-electron chi connectivity index (χ4n) is 2.66. The second-order valence-electron chi connectivity index (χ2n) is 5.51. The third-order valence-electron chi connectivity index (χ3n) is 3.92. The quantitative estimate of drug-likeness (QED) is 0.493. The van der Waals surface area contributed by atoms with Gasteiger partial charge in [-0.15, -0.1) is 0 Å². The van der Waals surface area contributed by atoms with Crippen LogP contribution < -0.4 is 16.2 Å². The van der Waals surface area contributed by atoms with Crippen LogP contribution in [-0.4, -0.2) is 7.11 Å². The molecule has 120 valence electrons. The van der Waals surface area contributed by atoms with Crippen LogP contribution in [0.15, 0.2) is 78.9 Å². The topological polar surface area (TPSA) is 61.3 Å². The molecule has 0 aliphatic heterocycles. The molecule has 0 heterocycles. The predicted molar refractivity (Wildman–Crippen MR) is 103 cm³/mol. The summed E-state index contributed by atoms with van der Waals surface area (Å²) in [6.45, 7) is 0. The zero-order chi connectivity index (χ0) is 16.9. The van der Waals surface area contributed by atoms with Gasteiger partial charge in [0.1, 0.15) is 5.75 Å². The highest BCUT2D eigenvalue weighted by molar-refractivity contribution is 5.92. The predicted octanol–water partition coefficient (Wildman–Crippen LogP) is 4.85. The highest BCUT2D eigenvalue weighted by Crippen LogP contribution is 2.27. The van der Waals surface area contributed by atoms with E-state index in [0.717, 1.165) is 27.6 Å². The second-order valence-corrected chi connectivity index (χ2v) is 5.51. The Hall–Kier alpha value is -3.20. The van der Waals surface area contributed by atoms with Gasteiger partial charge in [-0.3, -0.25) is 0 Å². The van der Waals surface area contributed by atoms with Gasteiger partial charge in [0.25, 0.3) is 0 Å². The summed E-state index contributed by atoms with van der Waals surface area (Å²) in [5.74, 6) is 0.735. The number of fused-ring (bicyclic) bond motifs is 2. The summed E-state index contributed by atoms with van der Waals surface area (Å²) in [4.78, 5) is 0. The first-order chi connectivity index (χ1) is 11.7. The van der Waals surface area contributed by atoms with E-state index in [1.54, 1.807) is 7.11 Å². The van der Waals surface area contributed by atoms with E-state index in [0.29, 0.717) is 5.69 Å². The largest absolute Gasteiger partial charge is 0.495 e. The van der Waals surface area contributed by atoms with Crippen LogP contribution in [0, 0.1) is 0 Å². The molecule has 0 fully saturated rings. The van der Waals surface area contributed by atoms with Crippen LogP contribution in [0.4, 0.5) is 11.4 Å². The Morgan fingerprint density at radius 1 is 0.625 bits per heavy atom. The minimum atomic E-state index is 0.682. The van der Waals surface area contributed by atoms with Gasteiger partial charge in [-0.25, -0.2) is 0 Å². The van der Waals surface area contributed by atoms with E-state index in [2.05, 4.69) is 12.1 Å². The molecule has 3 heteroatoms. The average Bonchev–Trinajstić information content (AvgIpc) is 2.62. The maximum atomic E-state index is 5.77. The van der Waals surface area contributed by atoms with Gasteiger partial charge in [0.2, 0.25) is 0 Å². The lowest BCUT2D eigenvalue weighted by Crippen LogP contribution is -1.91. The van der Waals surface area contributed by atoms with Crippen molar-refractivity contribution in [1.82, 2.24) is 0 Å². The fourth-order valence-corrected chi connectivity index (χ4v) is 2.66. The van der Waals surface area contributed by atoms with Gasteiger partial charge in [-0.2, -0.15) is 0 Å². The van der Waals surface area contributed by atoms with Crippen molar-refractivity contribution in [3.8, 4) is 5.75 Å². The van der Waals surface area contributed by atoms with Gasteiger partial charge in [0.15, 0.2) is 0 Å². The highest BCUT2D eigenvalue weighted by atomic mass is 16.5. The molecule has 3 nitrogen and oxygen atoms in total. The number of ether oxygens (including phenoxy) is 1. The first-order valence-electron chi connectivity index (χ1n) is 7.74. The fraction of sp³-hybridized carbons (Fsp3) is 0.0476. The number of anilines is 2. The highest BCUT2D eigenvalue weighted by Gasteiger charge is 2.00. The Bertz CT molecular complexity index is 974. The Kier molecular flexibility index (Phi) is 4.52. The normalized spacial score (nSPS) is 10.2. The van der Waals surface area contributed by atoms with E-state index in [1.807, 2.05) is 66.7 Å². The zero-order valence-corrected chi connectivity index (χ0v) is 13.6. The van der Waals surface area contributed by atoms with E-state index >= 15 is 0 Å². The van der Waals surface area contributed by atoms with Gasteiger partial charge in [0.05, 0.1) is 12.8 Å². The van der Waals surface area contributed by atoms with Gasteiger partial charge in [0, 0.05) is 11.1 Å². The molecule has 4 rings (SSSR count). The molecular weight excluding hydrogens is 296 g/mol. The molecule has 0 bridgehead atoms. The molecule has 0 aliphatic carbocycles. The third-order valence-corrected chi connectivity index (χ3v) is 3.92.